The fourth-order valence-electron chi connectivity index (χ4n) is 4.08. The molecule has 0 unspecified atom stereocenters. The van der Waals surface area contributed by atoms with Crippen molar-refractivity contribution in [2.75, 3.05) is 34.2 Å². The molecule has 3 atom stereocenters. The second-order valence-corrected chi connectivity index (χ2v) is 9.02. The van der Waals surface area contributed by atoms with Gasteiger partial charge in [0.25, 0.3) is 5.91 Å². The zero-order valence-corrected chi connectivity index (χ0v) is 21.2. The lowest BCUT2D eigenvalue weighted by molar-refractivity contribution is -0.160. The standard InChI is InChI=1S/C27H35NO8/c1-26(2)35-23(14-15-33-16-20-10-12-22(32-4)13-11-20)24(36-26)27(17-29,18-34-19-31-3)28-25(30)21-8-6-5-7-9-21/h5-13,17,23-24H,14-16,18-19H2,1-4H3,(H,28,30)/t23-,24+,27+/m1/s1. The fraction of sp³-hybridized carbons (Fsp3) is 0.481. The Kier molecular flexibility index (Phi) is 9.98. The number of benzene rings is 2. The van der Waals surface area contributed by atoms with Gasteiger partial charge in [-0.15, -0.1) is 0 Å². The van der Waals surface area contributed by atoms with Gasteiger partial charge in [-0.25, -0.2) is 0 Å². The summed E-state index contributed by atoms with van der Waals surface area (Å²) in [4.78, 5) is 25.6. The van der Waals surface area contributed by atoms with Crippen molar-refractivity contribution < 1.29 is 38.0 Å². The van der Waals surface area contributed by atoms with Crippen LogP contribution in [0.4, 0.5) is 0 Å². The molecule has 0 saturated carbocycles. The number of nitrogens with one attached hydrogen (secondary N) is 1. The molecule has 0 spiro atoms. The summed E-state index contributed by atoms with van der Waals surface area (Å²) in [7, 11) is 3.10. The molecule has 1 aliphatic heterocycles. The summed E-state index contributed by atoms with van der Waals surface area (Å²) in [5.41, 5.74) is -0.102. The predicted molar refractivity (Wildman–Crippen MR) is 132 cm³/mol. The second-order valence-electron chi connectivity index (χ2n) is 9.02. The summed E-state index contributed by atoms with van der Waals surface area (Å²) >= 11 is 0. The molecule has 1 N–H and O–H groups in total. The monoisotopic (exact) mass is 501 g/mol. The third-order valence-electron chi connectivity index (χ3n) is 5.80. The molecule has 1 aliphatic rings. The minimum absolute atomic E-state index is 0.0522. The van der Waals surface area contributed by atoms with Crippen LogP contribution in [0, 0.1) is 0 Å². The first-order valence-corrected chi connectivity index (χ1v) is 11.8. The van der Waals surface area contributed by atoms with E-state index in [0.29, 0.717) is 31.5 Å². The van der Waals surface area contributed by atoms with Gasteiger partial charge in [0, 0.05) is 19.3 Å². The Morgan fingerprint density at radius 1 is 1.06 bits per heavy atom. The average molecular weight is 502 g/mol. The average Bonchev–Trinajstić information content (AvgIpc) is 3.21. The van der Waals surface area contributed by atoms with E-state index in [2.05, 4.69) is 5.32 Å². The molecule has 0 bridgehead atoms. The number of aldehydes is 1. The third kappa shape index (κ3) is 7.35. The Balaban J connectivity index is 1.73. The van der Waals surface area contributed by atoms with Crippen molar-refractivity contribution in [2.24, 2.45) is 0 Å². The zero-order chi connectivity index (χ0) is 26.0. The van der Waals surface area contributed by atoms with Crippen molar-refractivity contribution >= 4 is 12.2 Å². The molecule has 36 heavy (non-hydrogen) atoms. The van der Waals surface area contributed by atoms with Crippen LogP contribution in [0.15, 0.2) is 54.6 Å². The number of hydrogen-bond acceptors (Lipinski definition) is 8. The van der Waals surface area contributed by atoms with E-state index in [4.69, 9.17) is 28.4 Å². The number of carbonyl (C=O) groups excluding carboxylic acids is 2. The van der Waals surface area contributed by atoms with E-state index in [1.807, 2.05) is 30.3 Å². The number of ether oxygens (including phenoxy) is 6. The van der Waals surface area contributed by atoms with E-state index in [1.54, 1.807) is 45.2 Å². The van der Waals surface area contributed by atoms with Gasteiger partial charge in [-0.1, -0.05) is 30.3 Å². The van der Waals surface area contributed by atoms with Gasteiger partial charge in [0.2, 0.25) is 0 Å². The van der Waals surface area contributed by atoms with Gasteiger partial charge in [-0.3, -0.25) is 4.79 Å². The van der Waals surface area contributed by atoms with Crippen LogP contribution in [-0.4, -0.2) is 70.0 Å². The molecule has 1 amide bonds. The number of rotatable bonds is 14. The number of hydrogen-bond donors (Lipinski definition) is 1. The number of carbonyl (C=O) groups is 2. The highest BCUT2D eigenvalue weighted by atomic mass is 16.8. The Labute approximate surface area is 212 Å². The highest BCUT2D eigenvalue weighted by molar-refractivity contribution is 5.96. The van der Waals surface area contributed by atoms with Crippen LogP contribution in [0.3, 0.4) is 0 Å². The number of methoxy groups -OCH3 is 2. The van der Waals surface area contributed by atoms with Crippen molar-refractivity contribution in [1.29, 1.82) is 0 Å². The maximum Gasteiger partial charge on any atom is 0.252 e. The molecule has 2 aromatic carbocycles. The smallest absolute Gasteiger partial charge is 0.252 e. The van der Waals surface area contributed by atoms with E-state index in [-0.39, 0.29) is 13.4 Å². The number of amides is 1. The Bertz CT molecular complexity index is 965. The molecule has 9 heteroatoms. The third-order valence-corrected chi connectivity index (χ3v) is 5.80. The molecule has 1 heterocycles. The summed E-state index contributed by atoms with van der Waals surface area (Å²) in [6.07, 6.45) is -0.266. The van der Waals surface area contributed by atoms with Crippen molar-refractivity contribution in [3.05, 3.63) is 65.7 Å². The van der Waals surface area contributed by atoms with E-state index >= 15 is 0 Å². The molecule has 0 aromatic heterocycles. The summed E-state index contributed by atoms with van der Waals surface area (Å²) in [5, 5.41) is 2.85. The lowest BCUT2D eigenvalue weighted by atomic mass is 9.89. The first kappa shape index (κ1) is 27.8. The minimum atomic E-state index is -1.51. The maximum atomic E-state index is 13.1. The van der Waals surface area contributed by atoms with Crippen LogP contribution in [0.25, 0.3) is 0 Å². The lowest BCUT2D eigenvalue weighted by Gasteiger charge is -2.36. The largest absolute Gasteiger partial charge is 0.497 e. The van der Waals surface area contributed by atoms with Crippen LogP contribution in [0.5, 0.6) is 5.75 Å². The van der Waals surface area contributed by atoms with Crippen molar-refractivity contribution in [3.63, 3.8) is 0 Å². The predicted octanol–water partition coefficient (Wildman–Crippen LogP) is 3.11. The van der Waals surface area contributed by atoms with Gasteiger partial charge >= 0.3 is 0 Å². The second kappa shape index (κ2) is 12.9. The summed E-state index contributed by atoms with van der Waals surface area (Å²) in [5.74, 6) is -0.622. The van der Waals surface area contributed by atoms with Gasteiger partial charge in [-0.2, -0.15) is 0 Å². The van der Waals surface area contributed by atoms with Crippen LogP contribution in [0.2, 0.25) is 0 Å². The Hall–Kier alpha value is -2.82. The maximum absolute atomic E-state index is 13.1. The van der Waals surface area contributed by atoms with Crippen molar-refractivity contribution in [2.45, 2.75) is 50.4 Å². The summed E-state index contributed by atoms with van der Waals surface area (Å²) in [6, 6.07) is 16.3. The molecule has 1 fully saturated rings. The van der Waals surface area contributed by atoms with Gasteiger partial charge < -0.3 is 38.5 Å². The van der Waals surface area contributed by atoms with E-state index in [9.17, 15) is 9.59 Å². The zero-order valence-electron chi connectivity index (χ0n) is 21.2. The van der Waals surface area contributed by atoms with Gasteiger partial charge in [0.05, 0.1) is 26.4 Å². The molecule has 1 saturated heterocycles. The topological polar surface area (TPSA) is 102 Å². The van der Waals surface area contributed by atoms with Gasteiger partial charge in [-0.05, 0) is 50.1 Å². The van der Waals surface area contributed by atoms with Crippen LogP contribution in [-0.2, 0) is 35.1 Å². The summed E-state index contributed by atoms with van der Waals surface area (Å²) in [6.45, 7) is 4.09. The van der Waals surface area contributed by atoms with Crippen molar-refractivity contribution in [3.8, 4) is 5.75 Å². The normalized spacial score (nSPS) is 20.4. The molecule has 0 radical (unpaired) electrons. The molecule has 0 aliphatic carbocycles. The molecular weight excluding hydrogens is 466 g/mol. The van der Waals surface area contributed by atoms with Crippen LogP contribution < -0.4 is 10.1 Å². The molecule has 3 rings (SSSR count). The minimum Gasteiger partial charge on any atom is -0.497 e. The molecule has 9 nitrogen and oxygen atoms in total. The van der Waals surface area contributed by atoms with Crippen molar-refractivity contribution in [1.82, 2.24) is 5.32 Å². The summed E-state index contributed by atoms with van der Waals surface area (Å²) < 4.78 is 33.9. The van der Waals surface area contributed by atoms with E-state index in [1.165, 1.54) is 7.11 Å². The first-order chi connectivity index (χ1) is 17.3. The van der Waals surface area contributed by atoms with Crippen LogP contribution >= 0.6 is 0 Å². The van der Waals surface area contributed by atoms with Gasteiger partial charge in [0.1, 0.15) is 24.2 Å². The quantitative estimate of drug-likeness (QED) is 0.239. The Morgan fingerprint density at radius 2 is 1.78 bits per heavy atom. The Morgan fingerprint density at radius 3 is 2.42 bits per heavy atom. The first-order valence-electron chi connectivity index (χ1n) is 11.8. The molecular formula is C27H35NO8. The lowest BCUT2D eigenvalue weighted by Crippen LogP contribution is -2.64. The van der Waals surface area contributed by atoms with E-state index < -0.39 is 29.4 Å². The highest BCUT2D eigenvalue weighted by Gasteiger charge is 2.54. The van der Waals surface area contributed by atoms with Crippen LogP contribution in [0.1, 0.15) is 36.2 Å². The fourth-order valence-corrected chi connectivity index (χ4v) is 4.08. The van der Waals surface area contributed by atoms with E-state index in [0.717, 1.165) is 11.3 Å². The highest BCUT2D eigenvalue weighted by Crippen LogP contribution is 2.35. The molecule has 196 valence electrons. The van der Waals surface area contributed by atoms with Gasteiger partial charge in [0.15, 0.2) is 12.1 Å². The molecule has 2 aromatic rings. The SMILES string of the molecule is COCOC[C@](C=O)(NC(=O)c1ccccc1)[C@H]1OC(C)(C)O[C@@H]1CCOCc1ccc(OC)cc1.